The van der Waals surface area contributed by atoms with Crippen molar-refractivity contribution in [2.24, 2.45) is 11.8 Å². The lowest BCUT2D eigenvalue weighted by atomic mass is 9.97. The Morgan fingerprint density at radius 3 is 2.80 bits per heavy atom. The van der Waals surface area contributed by atoms with Gasteiger partial charge < -0.3 is 5.11 Å². The highest BCUT2D eigenvalue weighted by Crippen LogP contribution is 2.30. The van der Waals surface area contributed by atoms with Gasteiger partial charge in [-0.05, 0) is 42.9 Å². The van der Waals surface area contributed by atoms with Crippen LogP contribution < -0.4 is 4.72 Å². The first-order valence-corrected chi connectivity index (χ1v) is 8.16. The molecule has 2 N–H and O–H groups in total. The number of nitriles is 1. The van der Waals surface area contributed by atoms with Gasteiger partial charge in [0.2, 0.25) is 10.0 Å². The molecule has 0 aromatic heterocycles. The number of hydrogen-bond donors (Lipinski definition) is 2. The van der Waals surface area contributed by atoms with Crippen LogP contribution in [0.2, 0.25) is 0 Å². The summed E-state index contributed by atoms with van der Waals surface area (Å²) >= 11 is 0. The monoisotopic (exact) mass is 294 g/mol. The van der Waals surface area contributed by atoms with E-state index in [1.54, 1.807) is 12.1 Å². The Morgan fingerprint density at radius 1 is 1.35 bits per heavy atom. The lowest BCUT2D eigenvalue weighted by Gasteiger charge is -2.17. The summed E-state index contributed by atoms with van der Waals surface area (Å²) in [7, 11) is -3.59. The zero-order valence-corrected chi connectivity index (χ0v) is 11.9. The van der Waals surface area contributed by atoms with Crippen LogP contribution in [0.5, 0.6) is 0 Å². The lowest BCUT2D eigenvalue weighted by Crippen LogP contribution is -2.31. The minimum Gasteiger partial charge on any atom is -0.396 e. The molecule has 1 fully saturated rings. The van der Waals surface area contributed by atoms with Crippen LogP contribution in [0.25, 0.3) is 0 Å². The minimum absolute atomic E-state index is 0.107. The molecule has 5 nitrogen and oxygen atoms in total. The van der Waals surface area contributed by atoms with Gasteiger partial charge in [0, 0.05) is 13.2 Å². The molecule has 108 valence electrons. The molecule has 6 heteroatoms. The summed E-state index contributed by atoms with van der Waals surface area (Å²) in [6, 6.07) is 7.88. The molecule has 1 aromatic rings. The third-order valence-corrected chi connectivity index (χ3v) is 5.28. The Balaban J connectivity index is 2.06. The number of nitrogens with one attached hydrogen (secondary N) is 1. The van der Waals surface area contributed by atoms with Gasteiger partial charge in [0.05, 0.1) is 16.5 Å². The molecule has 1 aliphatic rings. The molecule has 2 rings (SSSR count). The molecule has 0 heterocycles. The van der Waals surface area contributed by atoms with E-state index in [-0.39, 0.29) is 23.3 Å². The van der Waals surface area contributed by atoms with Gasteiger partial charge in [0.1, 0.15) is 0 Å². The SMILES string of the molecule is N#Cc1cccc(S(=O)(=O)NCC2CCCC2CO)c1. The van der Waals surface area contributed by atoms with Crippen molar-refractivity contribution in [2.75, 3.05) is 13.2 Å². The molecule has 0 radical (unpaired) electrons. The first-order chi connectivity index (χ1) is 9.56. The molecule has 1 aromatic carbocycles. The van der Waals surface area contributed by atoms with Crippen LogP contribution in [0.15, 0.2) is 29.2 Å². The predicted molar refractivity (Wildman–Crippen MR) is 74.3 cm³/mol. The molecule has 0 bridgehead atoms. The number of nitrogens with zero attached hydrogens (tertiary/aromatic N) is 1. The Kier molecular flexibility index (Phi) is 4.76. The smallest absolute Gasteiger partial charge is 0.240 e. The van der Waals surface area contributed by atoms with Crippen molar-refractivity contribution in [1.82, 2.24) is 4.72 Å². The summed E-state index contributed by atoms with van der Waals surface area (Å²) in [5.74, 6) is 0.372. The second-order valence-electron chi connectivity index (χ2n) is 5.13. The Bertz CT molecular complexity index is 607. The van der Waals surface area contributed by atoms with E-state index in [1.165, 1.54) is 12.1 Å². The first-order valence-electron chi connectivity index (χ1n) is 6.67. The van der Waals surface area contributed by atoms with Crippen LogP contribution in [-0.2, 0) is 10.0 Å². The number of hydrogen-bond acceptors (Lipinski definition) is 4. The van der Waals surface area contributed by atoms with Crippen LogP contribution >= 0.6 is 0 Å². The largest absolute Gasteiger partial charge is 0.396 e. The third-order valence-electron chi connectivity index (χ3n) is 3.86. The number of aliphatic hydroxyl groups excluding tert-OH is 1. The summed E-state index contributed by atoms with van der Waals surface area (Å²) < 4.78 is 26.9. The topological polar surface area (TPSA) is 90.2 Å². The highest BCUT2D eigenvalue weighted by Gasteiger charge is 2.28. The fourth-order valence-electron chi connectivity index (χ4n) is 2.66. The molecule has 1 saturated carbocycles. The fraction of sp³-hybridized carbons (Fsp3) is 0.500. The number of aliphatic hydroxyl groups is 1. The van der Waals surface area contributed by atoms with E-state index >= 15 is 0 Å². The number of rotatable bonds is 5. The Morgan fingerprint density at radius 2 is 2.10 bits per heavy atom. The van der Waals surface area contributed by atoms with Crippen molar-refractivity contribution >= 4 is 10.0 Å². The summed E-state index contributed by atoms with van der Waals surface area (Å²) in [6.07, 6.45) is 2.92. The van der Waals surface area contributed by atoms with Gasteiger partial charge in [0.25, 0.3) is 0 Å². The van der Waals surface area contributed by atoms with Crippen molar-refractivity contribution in [3.05, 3.63) is 29.8 Å². The Hall–Kier alpha value is -1.42. The molecule has 2 atom stereocenters. The van der Waals surface area contributed by atoms with Crippen molar-refractivity contribution in [1.29, 1.82) is 5.26 Å². The maximum atomic E-state index is 12.2. The predicted octanol–water partition coefficient (Wildman–Crippen LogP) is 1.25. The minimum atomic E-state index is -3.59. The third kappa shape index (κ3) is 3.37. The first kappa shape index (κ1) is 15.0. The van der Waals surface area contributed by atoms with Gasteiger partial charge in [-0.25, -0.2) is 13.1 Å². The number of benzene rings is 1. The van der Waals surface area contributed by atoms with Crippen molar-refractivity contribution in [3.63, 3.8) is 0 Å². The normalized spacial score (nSPS) is 22.6. The zero-order chi connectivity index (χ0) is 14.6. The maximum absolute atomic E-state index is 12.2. The Labute approximate surface area is 119 Å². The molecule has 0 amide bonds. The van der Waals surface area contributed by atoms with E-state index in [1.807, 2.05) is 6.07 Å². The molecular weight excluding hydrogens is 276 g/mol. The highest BCUT2D eigenvalue weighted by atomic mass is 32.2. The van der Waals surface area contributed by atoms with Gasteiger partial charge in [-0.3, -0.25) is 0 Å². The van der Waals surface area contributed by atoms with Gasteiger partial charge >= 0.3 is 0 Å². The quantitative estimate of drug-likeness (QED) is 0.855. The van der Waals surface area contributed by atoms with E-state index in [4.69, 9.17) is 5.26 Å². The molecular formula is C14H18N2O3S. The second kappa shape index (κ2) is 6.35. The zero-order valence-electron chi connectivity index (χ0n) is 11.1. The van der Waals surface area contributed by atoms with E-state index in [0.717, 1.165) is 19.3 Å². The average molecular weight is 294 g/mol. The standard InChI is InChI=1S/C14H18N2O3S/c15-8-11-3-1-6-14(7-11)20(18,19)16-9-12-4-2-5-13(12)10-17/h1,3,6-7,12-13,16-17H,2,4-5,9-10H2. The second-order valence-corrected chi connectivity index (χ2v) is 6.89. The lowest BCUT2D eigenvalue weighted by molar-refractivity contribution is 0.195. The van der Waals surface area contributed by atoms with E-state index in [2.05, 4.69) is 4.72 Å². The summed E-state index contributed by atoms with van der Waals surface area (Å²) in [6.45, 7) is 0.445. The van der Waals surface area contributed by atoms with E-state index in [9.17, 15) is 13.5 Å². The number of sulfonamides is 1. The molecule has 0 spiro atoms. The molecule has 1 aliphatic carbocycles. The van der Waals surface area contributed by atoms with Crippen LogP contribution in [0, 0.1) is 23.2 Å². The van der Waals surface area contributed by atoms with Gasteiger partial charge in [0.15, 0.2) is 0 Å². The van der Waals surface area contributed by atoms with Crippen LogP contribution in [0.4, 0.5) is 0 Å². The summed E-state index contributed by atoms with van der Waals surface area (Å²) in [5.41, 5.74) is 0.321. The van der Waals surface area contributed by atoms with E-state index in [0.29, 0.717) is 12.1 Å². The molecule has 20 heavy (non-hydrogen) atoms. The molecule has 0 aliphatic heterocycles. The highest BCUT2D eigenvalue weighted by molar-refractivity contribution is 7.89. The van der Waals surface area contributed by atoms with Crippen LogP contribution in [-0.4, -0.2) is 26.7 Å². The fourth-order valence-corrected chi connectivity index (χ4v) is 3.80. The van der Waals surface area contributed by atoms with Gasteiger partial charge in [-0.2, -0.15) is 5.26 Å². The molecule has 0 saturated heterocycles. The molecule has 2 unspecified atom stereocenters. The van der Waals surface area contributed by atoms with Gasteiger partial charge in [-0.1, -0.05) is 12.5 Å². The van der Waals surface area contributed by atoms with Crippen molar-refractivity contribution < 1.29 is 13.5 Å². The van der Waals surface area contributed by atoms with E-state index < -0.39 is 10.0 Å². The van der Waals surface area contributed by atoms with Crippen molar-refractivity contribution in [3.8, 4) is 6.07 Å². The maximum Gasteiger partial charge on any atom is 0.240 e. The van der Waals surface area contributed by atoms with Crippen LogP contribution in [0.3, 0.4) is 0 Å². The summed E-state index contributed by atoms with van der Waals surface area (Å²) in [5, 5.41) is 18.0. The average Bonchev–Trinajstić information content (AvgIpc) is 2.93. The summed E-state index contributed by atoms with van der Waals surface area (Å²) in [4.78, 5) is 0.107. The van der Waals surface area contributed by atoms with Crippen molar-refractivity contribution in [2.45, 2.75) is 24.2 Å². The van der Waals surface area contributed by atoms with Gasteiger partial charge in [-0.15, -0.1) is 0 Å². The van der Waals surface area contributed by atoms with Crippen LogP contribution in [0.1, 0.15) is 24.8 Å².